The van der Waals surface area contributed by atoms with Crippen molar-refractivity contribution in [2.45, 2.75) is 0 Å². The van der Waals surface area contributed by atoms with Crippen molar-refractivity contribution in [3.05, 3.63) is 132 Å². The third-order valence-corrected chi connectivity index (χ3v) is 5.23. The standard InChI is InChI=1S/C28H20/c1-2-10-24(11-3-1)28(27-17-16-23-9-5-7-13-26(23)20-27)19-21-14-15-22-8-4-6-12-25(22)18-21/h1-20H/b28-19+. The predicted octanol–water partition coefficient (Wildman–Crippen LogP) is 7.58. The van der Waals surface area contributed by atoms with Crippen LogP contribution in [0.15, 0.2) is 115 Å². The van der Waals surface area contributed by atoms with E-state index in [2.05, 4.69) is 121 Å². The molecule has 0 aromatic heterocycles. The second kappa shape index (κ2) is 7.17. The molecular formula is C28H20. The third-order valence-electron chi connectivity index (χ3n) is 5.23. The lowest BCUT2D eigenvalue weighted by Crippen LogP contribution is -1.89. The van der Waals surface area contributed by atoms with Crippen molar-refractivity contribution in [1.82, 2.24) is 0 Å². The Bertz CT molecular complexity index is 1290. The first kappa shape index (κ1) is 16.5. The van der Waals surface area contributed by atoms with E-state index in [1.54, 1.807) is 0 Å². The SMILES string of the molecule is C(=C(/c1ccccc1)c1ccc2ccccc2c1)/c1ccc2ccccc2c1. The van der Waals surface area contributed by atoms with Gasteiger partial charge in [-0.1, -0.05) is 103 Å². The molecule has 0 radical (unpaired) electrons. The molecule has 0 saturated carbocycles. The van der Waals surface area contributed by atoms with Gasteiger partial charge in [0.1, 0.15) is 0 Å². The van der Waals surface area contributed by atoms with Crippen molar-refractivity contribution < 1.29 is 0 Å². The molecule has 5 aromatic rings. The second-order valence-corrected chi connectivity index (χ2v) is 7.09. The van der Waals surface area contributed by atoms with Gasteiger partial charge in [0.2, 0.25) is 0 Å². The van der Waals surface area contributed by atoms with Crippen LogP contribution in [0.4, 0.5) is 0 Å². The lowest BCUT2D eigenvalue weighted by atomic mass is 9.93. The normalized spacial score (nSPS) is 11.8. The fourth-order valence-corrected chi connectivity index (χ4v) is 3.77. The van der Waals surface area contributed by atoms with Gasteiger partial charge in [-0.25, -0.2) is 0 Å². The lowest BCUT2D eigenvalue weighted by Gasteiger charge is -2.11. The van der Waals surface area contributed by atoms with Crippen LogP contribution in [0.2, 0.25) is 0 Å². The van der Waals surface area contributed by atoms with Crippen molar-refractivity contribution in [3.8, 4) is 0 Å². The quantitative estimate of drug-likeness (QED) is 0.292. The highest BCUT2D eigenvalue weighted by molar-refractivity contribution is 5.96. The van der Waals surface area contributed by atoms with E-state index in [9.17, 15) is 0 Å². The maximum absolute atomic E-state index is 2.30. The van der Waals surface area contributed by atoms with Crippen LogP contribution in [0.25, 0.3) is 33.2 Å². The molecule has 0 unspecified atom stereocenters. The minimum atomic E-state index is 1.21. The summed E-state index contributed by atoms with van der Waals surface area (Å²) >= 11 is 0. The van der Waals surface area contributed by atoms with Gasteiger partial charge in [0.25, 0.3) is 0 Å². The Morgan fingerprint density at radius 3 is 1.71 bits per heavy atom. The molecule has 0 amide bonds. The number of hydrogen-bond donors (Lipinski definition) is 0. The summed E-state index contributed by atoms with van der Waals surface area (Å²) in [5, 5.41) is 5.07. The zero-order chi connectivity index (χ0) is 18.8. The largest absolute Gasteiger partial charge is 0.0622 e. The van der Waals surface area contributed by atoms with Crippen LogP contribution >= 0.6 is 0 Å². The minimum Gasteiger partial charge on any atom is -0.0622 e. The number of fused-ring (bicyclic) bond motifs is 2. The zero-order valence-corrected chi connectivity index (χ0v) is 15.5. The molecule has 0 atom stereocenters. The van der Waals surface area contributed by atoms with Crippen LogP contribution in [0, 0.1) is 0 Å². The van der Waals surface area contributed by atoms with E-state index in [4.69, 9.17) is 0 Å². The summed E-state index contributed by atoms with van der Waals surface area (Å²) in [4.78, 5) is 0. The fourth-order valence-electron chi connectivity index (χ4n) is 3.77. The summed E-state index contributed by atoms with van der Waals surface area (Å²) in [7, 11) is 0. The Hall–Kier alpha value is -3.64. The summed E-state index contributed by atoms with van der Waals surface area (Å²) in [5.41, 5.74) is 4.91. The first-order chi connectivity index (χ1) is 13.9. The topological polar surface area (TPSA) is 0 Å². The average molecular weight is 356 g/mol. The van der Waals surface area contributed by atoms with Crippen LogP contribution in [0.1, 0.15) is 16.7 Å². The smallest absolute Gasteiger partial charge is 0.0105 e. The van der Waals surface area contributed by atoms with Crippen molar-refractivity contribution in [2.24, 2.45) is 0 Å². The van der Waals surface area contributed by atoms with Crippen LogP contribution < -0.4 is 0 Å². The highest BCUT2D eigenvalue weighted by atomic mass is 14.1. The van der Waals surface area contributed by atoms with E-state index in [-0.39, 0.29) is 0 Å². The van der Waals surface area contributed by atoms with Gasteiger partial charge in [-0.2, -0.15) is 0 Å². The number of rotatable bonds is 3. The summed E-state index contributed by atoms with van der Waals surface area (Å²) < 4.78 is 0. The highest BCUT2D eigenvalue weighted by Gasteiger charge is 2.07. The summed E-state index contributed by atoms with van der Waals surface area (Å²) in [5.74, 6) is 0. The highest BCUT2D eigenvalue weighted by Crippen LogP contribution is 2.29. The van der Waals surface area contributed by atoms with E-state index >= 15 is 0 Å². The molecule has 0 saturated heterocycles. The molecule has 0 heteroatoms. The molecule has 0 spiro atoms. The molecule has 132 valence electrons. The molecule has 28 heavy (non-hydrogen) atoms. The number of hydrogen-bond acceptors (Lipinski definition) is 0. The first-order valence-electron chi connectivity index (χ1n) is 9.62. The molecular weight excluding hydrogens is 336 g/mol. The Morgan fingerprint density at radius 1 is 0.429 bits per heavy atom. The second-order valence-electron chi connectivity index (χ2n) is 7.09. The van der Waals surface area contributed by atoms with Gasteiger partial charge in [-0.15, -0.1) is 0 Å². The molecule has 0 aliphatic carbocycles. The molecule has 0 heterocycles. The minimum absolute atomic E-state index is 1.21. The number of benzene rings is 5. The van der Waals surface area contributed by atoms with Gasteiger partial charge in [0.15, 0.2) is 0 Å². The van der Waals surface area contributed by atoms with Gasteiger partial charge in [0.05, 0.1) is 0 Å². The van der Waals surface area contributed by atoms with E-state index in [1.165, 1.54) is 43.8 Å². The molecule has 0 aliphatic heterocycles. The fraction of sp³-hybridized carbons (Fsp3) is 0. The Balaban J connectivity index is 1.69. The van der Waals surface area contributed by atoms with E-state index in [0.29, 0.717) is 0 Å². The average Bonchev–Trinajstić information content (AvgIpc) is 2.77. The van der Waals surface area contributed by atoms with Crippen molar-refractivity contribution in [3.63, 3.8) is 0 Å². The molecule has 5 rings (SSSR count). The monoisotopic (exact) mass is 356 g/mol. The third kappa shape index (κ3) is 3.21. The predicted molar refractivity (Wildman–Crippen MR) is 121 cm³/mol. The van der Waals surface area contributed by atoms with Crippen molar-refractivity contribution in [2.75, 3.05) is 0 Å². The van der Waals surface area contributed by atoms with E-state index in [1.807, 2.05) is 0 Å². The Kier molecular flexibility index (Phi) is 4.23. The van der Waals surface area contributed by atoms with E-state index in [0.717, 1.165) is 0 Å². The van der Waals surface area contributed by atoms with Crippen LogP contribution in [-0.2, 0) is 0 Å². The molecule has 0 fully saturated rings. The van der Waals surface area contributed by atoms with Gasteiger partial charge in [-0.05, 0) is 62.0 Å². The summed E-state index contributed by atoms with van der Waals surface area (Å²) in [6.07, 6.45) is 2.30. The van der Waals surface area contributed by atoms with Crippen LogP contribution in [-0.4, -0.2) is 0 Å². The first-order valence-corrected chi connectivity index (χ1v) is 9.62. The Morgan fingerprint density at radius 2 is 1.00 bits per heavy atom. The molecule has 0 N–H and O–H groups in total. The van der Waals surface area contributed by atoms with Gasteiger partial charge in [0, 0.05) is 0 Å². The van der Waals surface area contributed by atoms with Crippen molar-refractivity contribution in [1.29, 1.82) is 0 Å². The summed E-state index contributed by atoms with van der Waals surface area (Å²) in [6.45, 7) is 0. The molecule has 0 aliphatic rings. The molecule has 5 aromatic carbocycles. The maximum Gasteiger partial charge on any atom is -0.0105 e. The Labute approximate surface area is 165 Å². The molecule has 0 bridgehead atoms. The zero-order valence-electron chi connectivity index (χ0n) is 15.5. The summed E-state index contributed by atoms with van der Waals surface area (Å²) in [6, 6.07) is 41.1. The van der Waals surface area contributed by atoms with Crippen molar-refractivity contribution >= 4 is 33.2 Å². The van der Waals surface area contributed by atoms with Gasteiger partial charge >= 0.3 is 0 Å². The van der Waals surface area contributed by atoms with Gasteiger partial charge in [-0.3, -0.25) is 0 Å². The van der Waals surface area contributed by atoms with E-state index < -0.39 is 0 Å². The van der Waals surface area contributed by atoms with Gasteiger partial charge < -0.3 is 0 Å². The maximum atomic E-state index is 2.30. The van der Waals surface area contributed by atoms with Crippen LogP contribution in [0.3, 0.4) is 0 Å². The molecule has 0 nitrogen and oxygen atoms in total. The van der Waals surface area contributed by atoms with Crippen LogP contribution in [0.5, 0.6) is 0 Å². The lowest BCUT2D eigenvalue weighted by molar-refractivity contribution is 1.57.